The minimum absolute atomic E-state index is 0.587. The van der Waals surface area contributed by atoms with Gasteiger partial charge in [0.1, 0.15) is 6.33 Å². The average molecular weight is 278 g/mol. The van der Waals surface area contributed by atoms with Crippen molar-refractivity contribution >= 4 is 0 Å². The maximum atomic E-state index is 5.45. The van der Waals surface area contributed by atoms with Gasteiger partial charge in [0, 0.05) is 50.2 Å². The number of ether oxygens (including phenoxy) is 1. The summed E-state index contributed by atoms with van der Waals surface area (Å²) in [5, 5.41) is 3.54. The summed E-state index contributed by atoms with van der Waals surface area (Å²) in [7, 11) is 0. The summed E-state index contributed by atoms with van der Waals surface area (Å²) in [4.78, 5) is 10.6. The van der Waals surface area contributed by atoms with E-state index >= 15 is 0 Å². The van der Waals surface area contributed by atoms with Crippen molar-refractivity contribution in [1.82, 2.24) is 20.2 Å². The van der Waals surface area contributed by atoms with E-state index in [1.165, 1.54) is 6.42 Å². The van der Waals surface area contributed by atoms with E-state index in [9.17, 15) is 0 Å². The lowest BCUT2D eigenvalue weighted by Crippen LogP contribution is -2.48. The molecule has 2 heterocycles. The van der Waals surface area contributed by atoms with Crippen molar-refractivity contribution in [3.05, 3.63) is 24.3 Å². The van der Waals surface area contributed by atoms with Crippen LogP contribution in [-0.4, -0.2) is 53.8 Å². The quantitative estimate of drug-likeness (QED) is 0.815. The van der Waals surface area contributed by atoms with Crippen LogP contribution in [0.1, 0.15) is 25.8 Å². The van der Waals surface area contributed by atoms with E-state index in [4.69, 9.17) is 4.74 Å². The summed E-state index contributed by atoms with van der Waals surface area (Å²) in [6, 6.07) is 0.587. The molecule has 5 nitrogen and oxygen atoms in total. The Balaban J connectivity index is 1.80. The predicted octanol–water partition coefficient (Wildman–Crippen LogP) is 1.31. The van der Waals surface area contributed by atoms with Gasteiger partial charge in [-0.15, -0.1) is 0 Å². The summed E-state index contributed by atoms with van der Waals surface area (Å²) in [5.41, 5.74) is 1.14. The molecule has 2 rings (SSSR count). The molecule has 1 N–H and O–H groups in total. The Morgan fingerprint density at radius 2 is 1.95 bits per heavy atom. The normalized spacial score (nSPS) is 18.4. The molecule has 1 aliphatic heterocycles. The van der Waals surface area contributed by atoms with Crippen molar-refractivity contribution in [2.75, 3.05) is 32.8 Å². The lowest BCUT2D eigenvalue weighted by Gasteiger charge is -2.35. The zero-order valence-corrected chi connectivity index (χ0v) is 12.6. The van der Waals surface area contributed by atoms with Gasteiger partial charge in [0.05, 0.1) is 13.2 Å². The molecule has 0 amide bonds. The zero-order chi connectivity index (χ0) is 14.2. The van der Waals surface area contributed by atoms with Crippen molar-refractivity contribution in [1.29, 1.82) is 0 Å². The molecule has 1 unspecified atom stereocenters. The highest BCUT2D eigenvalue weighted by Crippen LogP contribution is 2.13. The fourth-order valence-corrected chi connectivity index (χ4v) is 2.65. The number of rotatable bonds is 7. The molecule has 0 saturated carbocycles. The van der Waals surface area contributed by atoms with Gasteiger partial charge < -0.3 is 10.1 Å². The number of nitrogens with one attached hydrogen (secondary N) is 1. The molecule has 1 aromatic heterocycles. The minimum Gasteiger partial charge on any atom is -0.379 e. The number of hydrogen-bond acceptors (Lipinski definition) is 5. The van der Waals surface area contributed by atoms with E-state index in [2.05, 4.69) is 34.0 Å². The summed E-state index contributed by atoms with van der Waals surface area (Å²) < 4.78 is 5.45. The average Bonchev–Trinajstić information content (AvgIpc) is 2.48. The maximum absolute atomic E-state index is 5.45. The van der Waals surface area contributed by atoms with Crippen molar-refractivity contribution in [2.45, 2.75) is 32.9 Å². The SMILES string of the molecule is CC(C)CC(CNCc1cncnc1)N1CCOCC1. The molecule has 0 aliphatic carbocycles. The van der Waals surface area contributed by atoms with Crippen molar-refractivity contribution in [2.24, 2.45) is 5.92 Å². The molecule has 0 spiro atoms. The second kappa shape index (κ2) is 8.29. The van der Waals surface area contributed by atoms with E-state index in [0.717, 1.165) is 45.0 Å². The molecule has 1 saturated heterocycles. The Kier molecular flexibility index (Phi) is 6.36. The molecule has 0 aromatic carbocycles. The second-order valence-corrected chi connectivity index (χ2v) is 5.81. The lowest BCUT2D eigenvalue weighted by molar-refractivity contribution is 0.0123. The highest BCUT2D eigenvalue weighted by atomic mass is 16.5. The van der Waals surface area contributed by atoms with Gasteiger partial charge in [0.25, 0.3) is 0 Å². The first-order valence-electron chi connectivity index (χ1n) is 7.52. The van der Waals surface area contributed by atoms with E-state index in [1.54, 1.807) is 6.33 Å². The molecule has 112 valence electrons. The van der Waals surface area contributed by atoms with Crippen LogP contribution in [0.2, 0.25) is 0 Å². The predicted molar refractivity (Wildman–Crippen MR) is 79.4 cm³/mol. The van der Waals surface area contributed by atoms with Crippen LogP contribution < -0.4 is 5.32 Å². The van der Waals surface area contributed by atoms with Gasteiger partial charge in [-0.3, -0.25) is 4.90 Å². The molecule has 1 aliphatic rings. The summed E-state index contributed by atoms with van der Waals surface area (Å²) in [6.45, 7) is 10.2. The van der Waals surface area contributed by atoms with E-state index in [-0.39, 0.29) is 0 Å². The first-order chi connectivity index (χ1) is 9.75. The molecule has 0 bridgehead atoms. The Morgan fingerprint density at radius 3 is 2.60 bits per heavy atom. The zero-order valence-electron chi connectivity index (χ0n) is 12.6. The van der Waals surface area contributed by atoms with E-state index in [1.807, 2.05) is 12.4 Å². The molecule has 20 heavy (non-hydrogen) atoms. The van der Waals surface area contributed by atoms with Gasteiger partial charge >= 0.3 is 0 Å². The second-order valence-electron chi connectivity index (χ2n) is 5.81. The van der Waals surface area contributed by atoms with E-state index < -0.39 is 0 Å². The van der Waals surface area contributed by atoms with Gasteiger partial charge in [-0.25, -0.2) is 9.97 Å². The molecular weight excluding hydrogens is 252 g/mol. The van der Waals surface area contributed by atoms with Gasteiger partial charge in [-0.05, 0) is 12.3 Å². The largest absolute Gasteiger partial charge is 0.379 e. The molecule has 1 aromatic rings. The molecule has 1 fully saturated rings. The number of hydrogen-bond donors (Lipinski definition) is 1. The highest BCUT2D eigenvalue weighted by Gasteiger charge is 2.21. The standard InChI is InChI=1S/C15H26N4O/c1-13(2)7-15(19-3-5-20-6-4-19)11-16-8-14-9-17-12-18-10-14/h9-10,12-13,15-16H,3-8,11H2,1-2H3. The molecular formula is C15H26N4O. The number of aromatic nitrogens is 2. The Hall–Kier alpha value is -1.04. The maximum Gasteiger partial charge on any atom is 0.115 e. The van der Waals surface area contributed by atoms with Crippen LogP contribution in [0.4, 0.5) is 0 Å². The minimum atomic E-state index is 0.587. The molecule has 0 radical (unpaired) electrons. The first kappa shape index (κ1) is 15.4. The van der Waals surface area contributed by atoms with Crippen LogP contribution in [0.25, 0.3) is 0 Å². The van der Waals surface area contributed by atoms with Crippen molar-refractivity contribution < 1.29 is 4.74 Å². The van der Waals surface area contributed by atoms with Gasteiger partial charge in [0.2, 0.25) is 0 Å². The smallest absolute Gasteiger partial charge is 0.115 e. The third-order valence-corrected chi connectivity index (χ3v) is 3.63. The topological polar surface area (TPSA) is 50.3 Å². The number of morpholine rings is 1. The summed E-state index contributed by atoms with van der Waals surface area (Å²) in [5.74, 6) is 0.713. The molecule has 1 atom stereocenters. The van der Waals surface area contributed by atoms with E-state index in [0.29, 0.717) is 12.0 Å². The lowest BCUT2D eigenvalue weighted by atomic mass is 10.0. The third-order valence-electron chi connectivity index (χ3n) is 3.63. The Bertz CT molecular complexity index is 365. The van der Waals surface area contributed by atoms with Crippen LogP contribution in [-0.2, 0) is 11.3 Å². The highest BCUT2D eigenvalue weighted by molar-refractivity contribution is 5.01. The monoisotopic (exact) mass is 278 g/mol. The van der Waals surface area contributed by atoms with Crippen LogP contribution in [0.3, 0.4) is 0 Å². The molecule has 5 heteroatoms. The summed E-state index contributed by atoms with van der Waals surface area (Å²) in [6.07, 6.45) is 6.52. The Morgan fingerprint density at radius 1 is 1.25 bits per heavy atom. The third kappa shape index (κ3) is 5.15. The van der Waals surface area contributed by atoms with Crippen LogP contribution in [0, 0.1) is 5.92 Å². The van der Waals surface area contributed by atoms with Gasteiger partial charge in [-0.2, -0.15) is 0 Å². The van der Waals surface area contributed by atoms with Crippen LogP contribution in [0.5, 0.6) is 0 Å². The summed E-state index contributed by atoms with van der Waals surface area (Å²) >= 11 is 0. The van der Waals surface area contributed by atoms with Crippen LogP contribution >= 0.6 is 0 Å². The van der Waals surface area contributed by atoms with Crippen molar-refractivity contribution in [3.63, 3.8) is 0 Å². The first-order valence-corrected chi connectivity index (χ1v) is 7.52. The van der Waals surface area contributed by atoms with Crippen molar-refractivity contribution in [3.8, 4) is 0 Å². The Labute approximate surface area is 121 Å². The number of nitrogens with zero attached hydrogens (tertiary/aromatic N) is 3. The van der Waals surface area contributed by atoms with Crippen LogP contribution in [0.15, 0.2) is 18.7 Å². The van der Waals surface area contributed by atoms with Gasteiger partial charge in [0.15, 0.2) is 0 Å². The fraction of sp³-hybridized carbons (Fsp3) is 0.733. The van der Waals surface area contributed by atoms with Gasteiger partial charge in [-0.1, -0.05) is 13.8 Å². The fourth-order valence-electron chi connectivity index (χ4n) is 2.65.